The van der Waals surface area contributed by atoms with Gasteiger partial charge in [-0.3, -0.25) is 0 Å². The van der Waals surface area contributed by atoms with Crippen molar-refractivity contribution in [1.29, 1.82) is 0 Å². The van der Waals surface area contributed by atoms with Crippen LogP contribution in [0.3, 0.4) is 0 Å². The lowest BCUT2D eigenvalue weighted by atomic mass is 10.1. The van der Waals surface area contributed by atoms with Gasteiger partial charge < -0.3 is 10.2 Å². The summed E-state index contributed by atoms with van der Waals surface area (Å²) in [7, 11) is 0. The summed E-state index contributed by atoms with van der Waals surface area (Å²) in [5.41, 5.74) is 0. The molecule has 76 valence electrons. The molecule has 1 aliphatic heterocycles. The van der Waals surface area contributed by atoms with Crippen molar-refractivity contribution >= 4 is 0 Å². The van der Waals surface area contributed by atoms with Gasteiger partial charge in [0, 0.05) is 32.2 Å². The van der Waals surface area contributed by atoms with Gasteiger partial charge in [0.1, 0.15) is 0 Å². The first-order valence-corrected chi connectivity index (χ1v) is 5.71. The largest absolute Gasteiger partial charge is 0.311 e. The van der Waals surface area contributed by atoms with Gasteiger partial charge in [0.2, 0.25) is 0 Å². The van der Waals surface area contributed by atoms with Gasteiger partial charge in [0.25, 0.3) is 0 Å². The van der Waals surface area contributed by atoms with E-state index in [0.29, 0.717) is 0 Å². The Balaban J connectivity index is 1.77. The summed E-state index contributed by atoms with van der Waals surface area (Å²) in [4.78, 5) is 2.63. The molecule has 1 unspecified atom stereocenters. The van der Waals surface area contributed by atoms with Gasteiger partial charge in [-0.1, -0.05) is 13.8 Å². The van der Waals surface area contributed by atoms with Gasteiger partial charge in [-0.2, -0.15) is 0 Å². The standard InChI is InChI=1S/C11H22N2/c1-9(2)7-13-6-5-12-11(8-13)10-3-4-10/h9-12H,3-8H2,1-2H3. The number of hydrogen-bond donors (Lipinski definition) is 1. The molecule has 0 bridgehead atoms. The number of piperazine rings is 1. The maximum Gasteiger partial charge on any atom is 0.0223 e. The third kappa shape index (κ3) is 2.68. The number of nitrogens with zero attached hydrogens (tertiary/aromatic N) is 1. The molecule has 2 nitrogen and oxygen atoms in total. The summed E-state index contributed by atoms with van der Waals surface area (Å²) in [5.74, 6) is 1.83. The van der Waals surface area contributed by atoms with Crippen LogP contribution < -0.4 is 5.32 Å². The minimum Gasteiger partial charge on any atom is -0.311 e. The van der Waals surface area contributed by atoms with E-state index in [9.17, 15) is 0 Å². The monoisotopic (exact) mass is 182 g/mol. The molecule has 2 heteroatoms. The van der Waals surface area contributed by atoms with Gasteiger partial charge in [0.15, 0.2) is 0 Å². The number of rotatable bonds is 3. The average molecular weight is 182 g/mol. The molecule has 1 saturated carbocycles. The lowest BCUT2D eigenvalue weighted by Gasteiger charge is -2.34. The molecule has 0 aromatic rings. The minimum atomic E-state index is 0.812. The summed E-state index contributed by atoms with van der Waals surface area (Å²) in [6.45, 7) is 9.66. The average Bonchev–Trinajstić information content (AvgIpc) is 2.85. The first-order chi connectivity index (χ1) is 6.25. The minimum absolute atomic E-state index is 0.812. The van der Waals surface area contributed by atoms with Crippen LogP contribution in [0.15, 0.2) is 0 Å². The van der Waals surface area contributed by atoms with Gasteiger partial charge in [-0.25, -0.2) is 0 Å². The van der Waals surface area contributed by atoms with Crippen molar-refractivity contribution in [3.8, 4) is 0 Å². The second-order valence-corrected chi connectivity index (χ2v) is 5.05. The fourth-order valence-electron chi connectivity index (χ4n) is 2.34. The summed E-state index contributed by atoms with van der Waals surface area (Å²) in [6, 6.07) is 0.812. The Hall–Kier alpha value is -0.0800. The molecule has 1 saturated heterocycles. The van der Waals surface area contributed by atoms with E-state index in [2.05, 4.69) is 24.1 Å². The van der Waals surface area contributed by atoms with Crippen LogP contribution >= 0.6 is 0 Å². The maximum atomic E-state index is 3.64. The molecule has 1 atom stereocenters. The fraction of sp³-hybridized carbons (Fsp3) is 1.00. The van der Waals surface area contributed by atoms with E-state index >= 15 is 0 Å². The highest BCUT2D eigenvalue weighted by atomic mass is 15.2. The molecule has 0 aromatic heterocycles. The fourth-order valence-corrected chi connectivity index (χ4v) is 2.34. The van der Waals surface area contributed by atoms with E-state index < -0.39 is 0 Å². The SMILES string of the molecule is CC(C)CN1CCNC(C2CC2)C1. The first kappa shape index (κ1) is 9.47. The quantitative estimate of drug-likeness (QED) is 0.708. The van der Waals surface area contributed by atoms with Crippen LogP contribution in [0.25, 0.3) is 0 Å². The van der Waals surface area contributed by atoms with Gasteiger partial charge >= 0.3 is 0 Å². The van der Waals surface area contributed by atoms with Crippen molar-refractivity contribution in [2.24, 2.45) is 11.8 Å². The molecular formula is C11H22N2. The highest BCUT2D eigenvalue weighted by Gasteiger charge is 2.33. The van der Waals surface area contributed by atoms with E-state index in [-0.39, 0.29) is 0 Å². The van der Waals surface area contributed by atoms with Crippen LogP contribution in [0.2, 0.25) is 0 Å². The maximum absolute atomic E-state index is 3.64. The molecule has 0 amide bonds. The van der Waals surface area contributed by atoms with E-state index in [0.717, 1.165) is 17.9 Å². The highest BCUT2D eigenvalue weighted by molar-refractivity contribution is 4.91. The zero-order chi connectivity index (χ0) is 9.26. The van der Waals surface area contributed by atoms with E-state index in [4.69, 9.17) is 0 Å². The predicted molar refractivity (Wildman–Crippen MR) is 55.8 cm³/mol. The van der Waals surface area contributed by atoms with E-state index in [1.807, 2.05) is 0 Å². The smallest absolute Gasteiger partial charge is 0.0223 e. The summed E-state index contributed by atoms with van der Waals surface area (Å²) < 4.78 is 0. The number of hydrogen-bond acceptors (Lipinski definition) is 2. The molecule has 1 N–H and O–H groups in total. The normalized spacial score (nSPS) is 31.2. The lowest BCUT2D eigenvalue weighted by molar-refractivity contribution is 0.172. The molecular weight excluding hydrogens is 160 g/mol. The van der Waals surface area contributed by atoms with Crippen LogP contribution in [0, 0.1) is 11.8 Å². The highest BCUT2D eigenvalue weighted by Crippen LogP contribution is 2.33. The molecule has 2 rings (SSSR count). The van der Waals surface area contributed by atoms with Crippen molar-refractivity contribution < 1.29 is 0 Å². The van der Waals surface area contributed by atoms with Crippen molar-refractivity contribution in [3.63, 3.8) is 0 Å². The zero-order valence-electron chi connectivity index (χ0n) is 8.92. The topological polar surface area (TPSA) is 15.3 Å². The van der Waals surface area contributed by atoms with Crippen molar-refractivity contribution in [1.82, 2.24) is 10.2 Å². The lowest BCUT2D eigenvalue weighted by Crippen LogP contribution is -2.52. The van der Waals surface area contributed by atoms with Crippen molar-refractivity contribution in [3.05, 3.63) is 0 Å². The van der Waals surface area contributed by atoms with Crippen LogP contribution in [0.4, 0.5) is 0 Å². The second kappa shape index (κ2) is 3.97. The Labute approximate surface area is 81.7 Å². The summed E-state index contributed by atoms with van der Waals surface area (Å²) in [6.07, 6.45) is 2.93. The molecule has 0 radical (unpaired) electrons. The van der Waals surface area contributed by atoms with Crippen molar-refractivity contribution in [2.45, 2.75) is 32.7 Å². The Bertz CT molecular complexity index is 163. The van der Waals surface area contributed by atoms with E-state index in [1.165, 1.54) is 39.0 Å². The molecule has 1 aliphatic carbocycles. The van der Waals surface area contributed by atoms with Crippen LogP contribution in [-0.4, -0.2) is 37.1 Å². The number of nitrogens with one attached hydrogen (secondary N) is 1. The Morgan fingerprint density at radius 1 is 1.38 bits per heavy atom. The molecule has 0 spiro atoms. The second-order valence-electron chi connectivity index (χ2n) is 5.05. The molecule has 2 fully saturated rings. The predicted octanol–water partition coefficient (Wildman–Crippen LogP) is 1.33. The zero-order valence-corrected chi connectivity index (χ0v) is 8.92. The van der Waals surface area contributed by atoms with Crippen LogP contribution in [0.1, 0.15) is 26.7 Å². The van der Waals surface area contributed by atoms with Gasteiger partial charge in [0.05, 0.1) is 0 Å². The molecule has 2 aliphatic rings. The molecule has 13 heavy (non-hydrogen) atoms. The molecule has 0 aromatic carbocycles. The van der Waals surface area contributed by atoms with Gasteiger partial charge in [-0.05, 0) is 24.7 Å². The third-order valence-electron chi connectivity index (χ3n) is 3.10. The Morgan fingerprint density at radius 3 is 2.77 bits per heavy atom. The van der Waals surface area contributed by atoms with Crippen LogP contribution in [0.5, 0.6) is 0 Å². The van der Waals surface area contributed by atoms with E-state index in [1.54, 1.807) is 0 Å². The Morgan fingerprint density at radius 2 is 2.15 bits per heavy atom. The Kier molecular flexibility index (Phi) is 2.89. The first-order valence-electron chi connectivity index (χ1n) is 5.71. The van der Waals surface area contributed by atoms with Gasteiger partial charge in [-0.15, -0.1) is 0 Å². The summed E-state index contributed by atoms with van der Waals surface area (Å²) in [5, 5.41) is 3.64. The van der Waals surface area contributed by atoms with Crippen molar-refractivity contribution in [2.75, 3.05) is 26.2 Å². The summed E-state index contributed by atoms with van der Waals surface area (Å²) >= 11 is 0. The van der Waals surface area contributed by atoms with Crippen LogP contribution in [-0.2, 0) is 0 Å². The third-order valence-corrected chi connectivity index (χ3v) is 3.10. The molecule has 1 heterocycles.